The van der Waals surface area contributed by atoms with Gasteiger partial charge >= 0.3 is 0 Å². The molecule has 0 bridgehead atoms. The molecule has 2 aliphatic rings. The van der Waals surface area contributed by atoms with Crippen LogP contribution in [0.15, 0.2) is 34.2 Å². The second kappa shape index (κ2) is 7.92. The van der Waals surface area contributed by atoms with Crippen molar-refractivity contribution in [1.82, 2.24) is 9.21 Å². The SMILES string of the molecule is CCCS(=O)(=O)N1CCCN(C2=NS(=O)(=O)C(c3ccc(F)cc3)=C2C)CC1. The first kappa shape index (κ1) is 20.9. The predicted molar refractivity (Wildman–Crippen MR) is 107 cm³/mol. The Kier molecular flexibility index (Phi) is 5.92. The monoisotopic (exact) mass is 429 g/mol. The van der Waals surface area contributed by atoms with Gasteiger partial charge in [-0.05, 0) is 37.5 Å². The Labute approximate surface area is 165 Å². The lowest BCUT2D eigenvalue weighted by atomic mass is 10.1. The molecule has 0 spiro atoms. The number of nitrogens with zero attached hydrogens (tertiary/aromatic N) is 3. The number of benzene rings is 1. The molecule has 1 aromatic rings. The highest BCUT2D eigenvalue weighted by Crippen LogP contribution is 2.34. The van der Waals surface area contributed by atoms with Crippen molar-refractivity contribution in [1.29, 1.82) is 0 Å². The van der Waals surface area contributed by atoms with Crippen LogP contribution in [0.5, 0.6) is 0 Å². The van der Waals surface area contributed by atoms with Gasteiger partial charge in [-0.15, -0.1) is 4.40 Å². The lowest BCUT2D eigenvalue weighted by Crippen LogP contribution is -2.38. The Morgan fingerprint density at radius 2 is 1.79 bits per heavy atom. The smallest absolute Gasteiger partial charge is 0.285 e. The molecule has 1 saturated heterocycles. The maximum absolute atomic E-state index is 13.2. The second-order valence-corrected chi connectivity index (χ2v) is 10.5. The molecule has 1 fully saturated rings. The molecule has 154 valence electrons. The van der Waals surface area contributed by atoms with Gasteiger partial charge in [-0.3, -0.25) is 0 Å². The summed E-state index contributed by atoms with van der Waals surface area (Å²) < 4.78 is 68.6. The van der Waals surface area contributed by atoms with E-state index in [4.69, 9.17) is 0 Å². The zero-order valence-electron chi connectivity index (χ0n) is 15.9. The first-order valence-electron chi connectivity index (χ1n) is 9.20. The van der Waals surface area contributed by atoms with Gasteiger partial charge < -0.3 is 4.90 Å². The molecule has 0 radical (unpaired) electrons. The molecule has 1 aromatic carbocycles. The maximum atomic E-state index is 13.2. The van der Waals surface area contributed by atoms with E-state index in [1.165, 1.54) is 28.6 Å². The molecule has 10 heteroatoms. The molecular formula is C18H24FN3O4S2. The zero-order chi connectivity index (χ0) is 20.5. The van der Waals surface area contributed by atoms with Crippen molar-refractivity contribution in [2.24, 2.45) is 4.40 Å². The van der Waals surface area contributed by atoms with Gasteiger partial charge in [-0.1, -0.05) is 19.1 Å². The van der Waals surface area contributed by atoms with Crippen molar-refractivity contribution in [3.8, 4) is 0 Å². The van der Waals surface area contributed by atoms with Crippen LogP contribution in [0, 0.1) is 5.82 Å². The summed E-state index contributed by atoms with van der Waals surface area (Å²) in [6.45, 7) is 5.09. The molecule has 2 aliphatic heterocycles. The predicted octanol–water partition coefficient (Wildman–Crippen LogP) is 2.05. The number of sulfonamides is 2. The summed E-state index contributed by atoms with van der Waals surface area (Å²) in [5.41, 5.74) is 0.885. The van der Waals surface area contributed by atoms with E-state index in [0.717, 1.165) is 0 Å². The molecule has 0 amide bonds. The van der Waals surface area contributed by atoms with Crippen molar-refractivity contribution >= 4 is 30.8 Å². The van der Waals surface area contributed by atoms with Crippen molar-refractivity contribution in [2.75, 3.05) is 31.9 Å². The molecule has 0 unspecified atom stereocenters. The average Bonchev–Trinajstić information content (AvgIpc) is 2.79. The number of rotatable bonds is 4. The van der Waals surface area contributed by atoms with Crippen molar-refractivity contribution in [3.63, 3.8) is 0 Å². The molecule has 2 heterocycles. The quantitative estimate of drug-likeness (QED) is 0.731. The van der Waals surface area contributed by atoms with Crippen LogP contribution in [0.2, 0.25) is 0 Å². The van der Waals surface area contributed by atoms with Crippen molar-refractivity contribution < 1.29 is 21.2 Å². The van der Waals surface area contributed by atoms with E-state index in [-0.39, 0.29) is 10.7 Å². The average molecular weight is 430 g/mol. The molecule has 0 aliphatic carbocycles. The van der Waals surface area contributed by atoms with Crippen LogP contribution >= 0.6 is 0 Å². The van der Waals surface area contributed by atoms with Crippen LogP contribution in [-0.2, 0) is 20.0 Å². The topological polar surface area (TPSA) is 87.1 Å². The minimum Gasteiger partial charge on any atom is -0.354 e. The van der Waals surface area contributed by atoms with Crippen LogP contribution in [0.1, 0.15) is 32.3 Å². The van der Waals surface area contributed by atoms with Crippen molar-refractivity contribution in [3.05, 3.63) is 41.2 Å². The van der Waals surface area contributed by atoms with Gasteiger partial charge in [0, 0.05) is 31.8 Å². The van der Waals surface area contributed by atoms with Gasteiger partial charge in [-0.2, -0.15) is 8.42 Å². The number of halogens is 1. The maximum Gasteiger partial charge on any atom is 0.285 e. The lowest BCUT2D eigenvalue weighted by molar-refractivity contribution is 0.408. The van der Waals surface area contributed by atoms with Crippen LogP contribution in [0.4, 0.5) is 4.39 Å². The molecule has 28 heavy (non-hydrogen) atoms. The van der Waals surface area contributed by atoms with Crippen LogP contribution < -0.4 is 0 Å². The molecule has 7 nitrogen and oxygen atoms in total. The Hall–Kier alpha value is -1.78. The summed E-state index contributed by atoms with van der Waals surface area (Å²) >= 11 is 0. The first-order valence-corrected chi connectivity index (χ1v) is 12.3. The number of amidine groups is 1. The summed E-state index contributed by atoms with van der Waals surface area (Å²) in [5.74, 6) is 0.00388. The van der Waals surface area contributed by atoms with Gasteiger partial charge in [0.1, 0.15) is 16.6 Å². The van der Waals surface area contributed by atoms with E-state index in [1.807, 2.05) is 11.8 Å². The molecule has 0 saturated carbocycles. The van der Waals surface area contributed by atoms with Crippen molar-refractivity contribution in [2.45, 2.75) is 26.7 Å². The van der Waals surface area contributed by atoms with Crippen LogP contribution in [-0.4, -0.2) is 63.8 Å². The number of hydrogen-bond donors (Lipinski definition) is 0. The molecule has 0 aromatic heterocycles. The first-order chi connectivity index (χ1) is 13.2. The molecular weight excluding hydrogens is 405 g/mol. The molecule has 0 atom stereocenters. The Morgan fingerprint density at radius 3 is 2.43 bits per heavy atom. The van der Waals surface area contributed by atoms with Gasteiger partial charge in [0.25, 0.3) is 10.0 Å². The second-order valence-electron chi connectivity index (χ2n) is 6.91. The largest absolute Gasteiger partial charge is 0.354 e. The zero-order valence-corrected chi connectivity index (χ0v) is 17.6. The fraction of sp³-hybridized carbons (Fsp3) is 0.500. The Bertz CT molecular complexity index is 1020. The normalized spacial score (nSPS) is 21.0. The Morgan fingerprint density at radius 1 is 1.11 bits per heavy atom. The third-order valence-electron chi connectivity index (χ3n) is 4.86. The molecule has 3 rings (SSSR count). The fourth-order valence-electron chi connectivity index (χ4n) is 3.56. The Balaban J connectivity index is 1.87. The van der Waals surface area contributed by atoms with E-state index >= 15 is 0 Å². The minimum atomic E-state index is -3.89. The van der Waals surface area contributed by atoms with E-state index < -0.39 is 25.9 Å². The highest BCUT2D eigenvalue weighted by Gasteiger charge is 2.35. The third kappa shape index (κ3) is 4.13. The summed E-state index contributed by atoms with van der Waals surface area (Å²) in [5, 5.41) is 0. The van der Waals surface area contributed by atoms with Gasteiger partial charge in [-0.25, -0.2) is 17.1 Å². The summed E-state index contributed by atoms with van der Waals surface area (Å²) in [4.78, 5) is 1.90. The van der Waals surface area contributed by atoms with E-state index in [1.54, 1.807) is 6.92 Å². The highest BCUT2D eigenvalue weighted by molar-refractivity contribution is 8.00. The van der Waals surface area contributed by atoms with E-state index in [2.05, 4.69) is 4.40 Å². The molecule has 0 N–H and O–H groups in total. The van der Waals surface area contributed by atoms with Gasteiger partial charge in [0.15, 0.2) is 0 Å². The van der Waals surface area contributed by atoms with Crippen LogP contribution in [0.25, 0.3) is 4.91 Å². The summed E-state index contributed by atoms with van der Waals surface area (Å²) in [6.07, 6.45) is 1.14. The van der Waals surface area contributed by atoms with Crippen LogP contribution in [0.3, 0.4) is 0 Å². The summed E-state index contributed by atoms with van der Waals surface area (Å²) in [7, 11) is -7.19. The van der Waals surface area contributed by atoms with E-state index in [0.29, 0.717) is 56.0 Å². The highest BCUT2D eigenvalue weighted by atomic mass is 32.2. The lowest BCUT2D eigenvalue weighted by Gasteiger charge is -2.23. The van der Waals surface area contributed by atoms with Gasteiger partial charge in [0.05, 0.1) is 5.75 Å². The minimum absolute atomic E-state index is 0.0715. The number of hydrogen-bond acceptors (Lipinski definition) is 5. The summed E-state index contributed by atoms with van der Waals surface area (Å²) in [6, 6.07) is 5.27. The van der Waals surface area contributed by atoms with Gasteiger partial charge in [0.2, 0.25) is 10.0 Å². The fourth-order valence-corrected chi connectivity index (χ4v) is 6.58. The standard InChI is InChI=1S/C18H24FN3O4S2/c1-3-13-27(23,24)22-10-4-9-21(11-12-22)18-14(2)17(28(25,26)20-18)15-5-7-16(19)8-6-15/h5-8H,3-4,9-13H2,1-2H3. The van der Waals surface area contributed by atoms with E-state index in [9.17, 15) is 21.2 Å². The third-order valence-corrected chi connectivity index (χ3v) is 8.40.